The van der Waals surface area contributed by atoms with Crippen LogP contribution in [0.1, 0.15) is 37.6 Å². The van der Waals surface area contributed by atoms with Gasteiger partial charge in [0, 0.05) is 24.8 Å². The van der Waals surface area contributed by atoms with E-state index in [1.165, 1.54) is 6.42 Å². The number of aromatic nitrogens is 2. The Morgan fingerprint density at radius 2 is 2.25 bits per heavy atom. The second-order valence-corrected chi connectivity index (χ2v) is 6.16. The minimum absolute atomic E-state index is 0.0589. The average Bonchev–Trinajstić information content (AvgIpc) is 2.82. The molecule has 2 N–H and O–H groups in total. The van der Waals surface area contributed by atoms with E-state index in [-0.39, 0.29) is 5.54 Å². The van der Waals surface area contributed by atoms with Crippen LogP contribution < -0.4 is 10.1 Å². The predicted molar refractivity (Wildman–Crippen MR) is 93.1 cm³/mol. The highest BCUT2D eigenvalue weighted by Crippen LogP contribution is 2.41. The van der Waals surface area contributed by atoms with E-state index in [0.29, 0.717) is 12.4 Å². The van der Waals surface area contributed by atoms with Crippen molar-refractivity contribution >= 4 is 23.1 Å². The maximum absolute atomic E-state index is 10.8. The van der Waals surface area contributed by atoms with Gasteiger partial charge in [-0.15, -0.1) is 0 Å². The molecule has 0 aliphatic heterocycles. The molecular formula is C18H23N3O3. The van der Waals surface area contributed by atoms with Gasteiger partial charge in [-0.05, 0) is 45.4 Å². The molecule has 24 heavy (non-hydrogen) atoms. The van der Waals surface area contributed by atoms with Gasteiger partial charge in [0.1, 0.15) is 11.6 Å². The van der Waals surface area contributed by atoms with Gasteiger partial charge < -0.3 is 19.7 Å². The van der Waals surface area contributed by atoms with Gasteiger partial charge in [0.2, 0.25) is 0 Å². The molecule has 0 amide bonds. The van der Waals surface area contributed by atoms with Crippen molar-refractivity contribution in [3.05, 3.63) is 29.6 Å². The van der Waals surface area contributed by atoms with Crippen LogP contribution in [0.4, 0.5) is 0 Å². The second kappa shape index (κ2) is 6.28. The highest BCUT2D eigenvalue weighted by Gasteiger charge is 2.41. The smallest absolute Gasteiger partial charge is 0.328 e. The number of nitrogens with one attached hydrogen (secondary N) is 1. The number of fused-ring (bicyclic) bond motifs is 1. The maximum atomic E-state index is 10.8. The summed E-state index contributed by atoms with van der Waals surface area (Å²) >= 11 is 0. The molecule has 0 unspecified atom stereocenters. The zero-order valence-corrected chi connectivity index (χ0v) is 14.3. The predicted octanol–water partition coefficient (Wildman–Crippen LogP) is 2.67. The summed E-state index contributed by atoms with van der Waals surface area (Å²) in [6, 6.07) is 3.84. The first-order chi connectivity index (χ1) is 11.5. The van der Waals surface area contributed by atoms with Crippen LogP contribution in [0.3, 0.4) is 0 Å². The summed E-state index contributed by atoms with van der Waals surface area (Å²) in [4.78, 5) is 15.7. The highest BCUT2D eigenvalue weighted by atomic mass is 16.5. The monoisotopic (exact) mass is 329 g/mol. The fourth-order valence-electron chi connectivity index (χ4n) is 3.35. The molecule has 0 spiro atoms. The van der Waals surface area contributed by atoms with E-state index in [2.05, 4.69) is 9.88 Å². The number of ether oxygens (including phenoxy) is 1. The lowest BCUT2D eigenvalue weighted by Crippen LogP contribution is -2.47. The molecule has 1 aliphatic carbocycles. The molecule has 0 atom stereocenters. The van der Waals surface area contributed by atoms with Crippen molar-refractivity contribution in [3.8, 4) is 5.75 Å². The zero-order valence-electron chi connectivity index (χ0n) is 14.3. The Morgan fingerprint density at radius 1 is 1.50 bits per heavy atom. The molecule has 0 bridgehead atoms. The summed E-state index contributed by atoms with van der Waals surface area (Å²) in [5.74, 6) is 0.708. The van der Waals surface area contributed by atoms with Crippen molar-refractivity contribution < 1.29 is 14.6 Å². The molecule has 1 fully saturated rings. The SMILES string of the molecule is CCOc1cc2c(cc1/C=C/C(=O)O)nc(C1(NC)CCC1)n2C. The molecule has 2 aromatic rings. The first kappa shape index (κ1) is 16.5. The Balaban J connectivity index is 2.14. The molecule has 1 saturated carbocycles. The molecule has 0 radical (unpaired) electrons. The number of hydrogen-bond donors (Lipinski definition) is 2. The summed E-state index contributed by atoms with van der Waals surface area (Å²) in [6.45, 7) is 2.43. The average molecular weight is 329 g/mol. The molecule has 6 heteroatoms. The number of rotatable bonds is 6. The number of benzene rings is 1. The molecular weight excluding hydrogens is 306 g/mol. The van der Waals surface area contributed by atoms with E-state index in [4.69, 9.17) is 14.8 Å². The third kappa shape index (κ3) is 2.67. The van der Waals surface area contributed by atoms with Crippen LogP contribution in [0.15, 0.2) is 18.2 Å². The number of carboxylic acids is 1. The maximum Gasteiger partial charge on any atom is 0.328 e. The zero-order chi connectivity index (χ0) is 17.3. The van der Waals surface area contributed by atoms with Gasteiger partial charge in [-0.1, -0.05) is 0 Å². The van der Waals surface area contributed by atoms with Crippen LogP contribution in [0.5, 0.6) is 5.75 Å². The Kier molecular flexibility index (Phi) is 4.32. The molecule has 1 aromatic carbocycles. The first-order valence-corrected chi connectivity index (χ1v) is 8.24. The van der Waals surface area contributed by atoms with Crippen LogP contribution in [-0.2, 0) is 17.4 Å². The molecule has 6 nitrogen and oxygen atoms in total. The van der Waals surface area contributed by atoms with Gasteiger partial charge in [-0.2, -0.15) is 0 Å². The Hall–Kier alpha value is -2.34. The number of hydrogen-bond acceptors (Lipinski definition) is 4. The van der Waals surface area contributed by atoms with Gasteiger partial charge >= 0.3 is 5.97 Å². The van der Waals surface area contributed by atoms with E-state index in [0.717, 1.165) is 41.3 Å². The largest absolute Gasteiger partial charge is 0.493 e. The molecule has 1 aliphatic rings. The summed E-state index contributed by atoms with van der Waals surface area (Å²) in [6.07, 6.45) is 6.02. The number of carbonyl (C=O) groups is 1. The number of carboxylic acid groups (broad SMARTS) is 1. The molecule has 0 saturated heterocycles. The summed E-state index contributed by atoms with van der Waals surface area (Å²) in [5, 5.41) is 12.3. The minimum Gasteiger partial charge on any atom is -0.493 e. The standard InChI is InChI=1S/C18H23N3O3/c1-4-24-15-11-14-13(10-12(15)6-7-16(22)23)20-17(21(14)3)18(19-2)8-5-9-18/h6-7,10-11,19H,4-5,8-9H2,1-3H3,(H,22,23)/b7-6+. The van der Waals surface area contributed by atoms with Crippen molar-refractivity contribution in [2.24, 2.45) is 7.05 Å². The van der Waals surface area contributed by atoms with E-state index < -0.39 is 5.97 Å². The lowest BCUT2D eigenvalue weighted by molar-refractivity contribution is -0.131. The number of aliphatic carboxylic acids is 1. The molecule has 1 aromatic heterocycles. The van der Waals surface area contributed by atoms with Gasteiger partial charge in [0.25, 0.3) is 0 Å². The van der Waals surface area contributed by atoms with E-state index in [9.17, 15) is 4.79 Å². The van der Waals surface area contributed by atoms with Gasteiger partial charge in [0.05, 0.1) is 23.2 Å². The summed E-state index contributed by atoms with van der Waals surface area (Å²) in [7, 11) is 4.00. The Bertz CT molecular complexity index is 798. The van der Waals surface area contributed by atoms with Crippen molar-refractivity contribution in [2.45, 2.75) is 31.7 Å². The fraction of sp³-hybridized carbons (Fsp3) is 0.444. The van der Waals surface area contributed by atoms with E-state index in [1.54, 1.807) is 6.08 Å². The van der Waals surface area contributed by atoms with Crippen LogP contribution in [0.25, 0.3) is 17.1 Å². The van der Waals surface area contributed by atoms with E-state index in [1.807, 2.05) is 33.2 Å². The van der Waals surface area contributed by atoms with Crippen LogP contribution in [0, 0.1) is 0 Å². The topological polar surface area (TPSA) is 76.4 Å². The van der Waals surface area contributed by atoms with Gasteiger partial charge in [-0.25, -0.2) is 9.78 Å². The third-order valence-electron chi connectivity index (χ3n) is 4.83. The normalized spacial score (nSPS) is 16.5. The van der Waals surface area contributed by atoms with Crippen molar-refractivity contribution in [2.75, 3.05) is 13.7 Å². The lowest BCUT2D eigenvalue weighted by atomic mass is 9.76. The number of aryl methyl sites for hydroxylation is 1. The van der Waals surface area contributed by atoms with Crippen LogP contribution >= 0.6 is 0 Å². The van der Waals surface area contributed by atoms with Crippen molar-refractivity contribution in [1.29, 1.82) is 0 Å². The van der Waals surface area contributed by atoms with Crippen molar-refractivity contribution in [3.63, 3.8) is 0 Å². The summed E-state index contributed by atoms with van der Waals surface area (Å²) in [5.41, 5.74) is 2.50. The highest BCUT2D eigenvalue weighted by molar-refractivity contribution is 5.88. The number of nitrogens with zero attached hydrogens (tertiary/aromatic N) is 2. The lowest BCUT2D eigenvalue weighted by Gasteiger charge is -2.40. The molecule has 128 valence electrons. The van der Waals surface area contributed by atoms with Crippen LogP contribution in [0.2, 0.25) is 0 Å². The molecule has 3 rings (SSSR count). The van der Waals surface area contributed by atoms with E-state index >= 15 is 0 Å². The first-order valence-electron chi connectivity index (χ1n) is 8.24. The van der Waals surface area contributed by atoms with Gasteiger partial charge in [-0.3, -0.25) is 0 Å². The Morgan fingerprint density at radius 3 is 2.79 bits per heavy atom. The van der Waals surface area contributed by atoms with Crippen molar-refractivity contribution in [1.82, 2.24) is 14.9 Å². The second-order valence-electron chi connectivity index (χ2n) is 6.16. The quantitative estimate of drug-likeness (QED) is 0.797. The van der Waals surface area contributed by atoms with Gasteiger partial charge in [0.15, 0.2) is 0 Å². The van der Waals surface area contributed by atoms with Crippen LogP contribution in [-0.4, -0.2) is 34.3 Å². The minimum atomic E-state index is -0.983. The molecule has 1 heterocycles. The fourth-order valence-corrected chi connectivity index (χ4v) is 3.35. The Labute approximate surface area is 141 Å². The third-order valence-corrected chi connectivity index (χ3v) is 4.83. The summed E-state index contributed by atoms with van der Waals surface area (Å²) < 4.78 is 7.80. The number of imidazole rings is 1.